The average molecular weight is 330 g/mol. The number of aryl methyl sites for hydroxylation is 2. The van der Waals surface area contributed by atoms with Crippen LogP contribution in [0.5, 0.6) is 0 Å². The smallest absolute Gasteiger partial charge is 0.232 e. The second-order valence-corrected chi connectivity index (χ2v) is 6.91. The molecule has 2 aromatic rings. The van der Waals surface area contributed by atoms with Crippen molar-refractivity contribution in [1.29, 1.82) is 0 Å². The number of aromatic nitrogens is 2. The molecule has 0 saturated carbocycles. The summed E-state index contributed by atoms with van der Waals surface area (Å²) in [5, 5.41) is 2.92. The van der Waals surface area contributed by atoms with Crippen molar-refractivity contribution < 1.29 is 4.79 Å². The zero-order chi connectivity index (χ0) is 16.4. The fourth-order valence-corrected chi connectivity index (χ4v) is 3.75. The van der Waals surface area contributed by atoms with E-state index in [1.165, 1.54) is 11.3 Å². The number of nitrogens with zero attached hydrogens (tertiary/aromatic N) is 4. The maximum atomic E-state index is 12.7. The molecule has 3 heterocycles. The summed E-state index contributed by atoms with van der Waals surface area (Å²) in [5.74, 6) is 0.0299. The van der Waals surface area contributed by atoms with Crippen LogP contribution in [0, 0.1) is 13.8 Å². The predicted molar refractivity (Wildman–Crippen MR) is 93.0 cm³/mol. The van der Waals surface area contributed by atoms with Gasteiger partial charge in [-0.15, -0.1) is 11.3 Å². The molecule has 1 saturated heterocycles. The normalized spacial score (nSPS) is 16.5. The van der Waals surface area contributed by atoms with Crippen molar-refractivity contribution in [1.82, 2.24) is 14.9 Å². The predicted octanol–water partition coefficient (Wildman–Crippen LogP) is 2.61. The third-order valence-corrected chi connectivity index (χ3v) is 5.47. The van der Waals surface area contributed by atoms with E-state index < -0.39 is 0 Å². The van der Waals surface area contributed by atoms with Crippen molar-refractivity contribution in [2.45, 2.75) is 26.7 Å². The van der Waals surface area contributed by atoms with Crippen LogP contribution in [-0.4, -0.2) is 47.0 Å². The highest BCUT2D eigenvalue weighted by Gasteiger charge is 2.27. The second-order valence-electron chi connectivity index (χ2n) is 6.02. The highest BCUT2D eigenvalue weighted by atomic mass is 32.1. The Morgan fingerprint density at radius 1 is 1.26 bits per heavy atom. The monoisotopic (exact) mass is 330 g/mol. The van der Waals surface area contributed by atoms with Gasteiger partial charge in [0.25, 0.3) is 0 Å². The molecule has 1 amide bonds. The summed E-state index contributed by atoms with van der Waals surface area (Å²) >= 11 is 1.57. The Morgan fingerprint density at radius 3 is 2.61 bits per heavy atom. The number of thiazole rings is 1. The SMILES string of the molecule is Cc1csc([C@@H](C)C(=O)N2CCN(c3cnccc3C)CC2)n1. The van der Waals surface area contributed by atoms with Crippen molar-refractivity contribution in [2.24, 2.45) is 0 Å². The Balaban J connectivity index is 1.62. The van der Waals surface area contributed by atoms with E-state index in [1.807, 2.05) is 42.6 Å². The van der Waals surface area contributed by atoms with Gasteiger partial charge in [-0.2, -0.15) is 0 Å². The molecule has 5 nitrogen and oxygen atoms in total. The lowest BCUT2D eigenvalue weighted by molar-refractivity contribution is -0.132. The Kier molecular flexibility index (Phi) is 4.61. The third kappa shape index (κ3) is 3.37. The van der Waals surface area contributed by atoms with Crippen LogP contribution in [0.4, 0.5) is 5.69 Å². The van der Waals surface area contributed by atoms with Crippen molar-refractivity contribution in [3.63, 3.8) is 0 Å². The molecular formula is C17H22N4OS. The van der Waals surface area contributed by atoms with Gasteiger partial charge in [0, 0.05) is 43.4 Å². The van der Waals surface area contributed by atoms with Gasteiger partial charge < -0.3 is 9.80 Å². The van der Waals surface area contributed by atoms with Crippen LogP contribution in [0.2, 0.25) is 0 Å². The first-order chi connectivity index (χ1) is 11.1. The topological polar surface area (TPSA) is 49.3 Å². The molecule has 0 radical (unpaired) electrons. The minimum atomic E-state index is -0.152. The van der Waals surface area contributed by atoms with Gasteiger partial charge >= 0.3 is 0 Å². The Labute approximate surface area is 141 Å². The first-order valence-corrected chi connectivity index (χ1v) is 8.80. The molecule has 1 aliphatic heterocycles. The maximum absolute atomic E-state index is 12.7. The largest absolute Gasteiger partial charge is 0.367 e. The zero-order valence-corrected chi connectivity index (χ0v) is 14.6. The average Bonchev–Trinajstić information content (AvgIpc) is 3.01. The van der Waals surface area contributed by atoms with Gasteiger partial charge in [0.15, 0.2) is 0 Å². The van der Waals surface area contributed by atoms with Gasteiger partial charge in [-0.05, 0) is 32.4 Å². The lowest BCUT2D eigenvalue weighted by atomic mass is 10.1. The fourth-order valence-electron chi connectivity index (χ4n) is 2.91. The molecule has 3 rings (SSSR count). The minimum Gasteiger partial charge on any atom is -0.367 e. The number of carbonyl (C=O) groups is 1. The quantitative estimate of drug-likeness (QED) is 0.868. The zero-order valence-electron chi connectivity index (χ0n) is 13.8. The summed E-state index contributed by atoms with van der Waals surface area (Å²) in [6, 6.07) is 2.03. The molecule has 0 spiro atoms. The molecule has 6 heteroatoms. The molecule has 1 atom stereocenters. The van der Waals surface area contributed by atoms with E-state index in [0.29, 0.717) is 0 Å². The number of carbonyl (C=O) groups excluding carboxylic acids is 1. The minimum absolute atomic E-state index is 0.152. The number of hydrogen-bond donors (Lipinski definition) is 0. The molecule has 0 aliphatic carbocycles. The van der Waals surface area contributed by atoms with Crippen LogP contribution < -0.4 is 4.90 Å². The van der Waals surface area contributed by atoms with Crippen molar-refractivity contribution >= 4 is 22.9 Å². The van der Waals surface area contributed by atoms with E-state index in [2.05, 4.69) is 21.8 Å². The van der Waals surface area contributed by atoms with Crippen LogP contribution in [0.15, 0.2) is 23.8 Å². The van der Waals surface area contributed by atoms with Crippen LogP contribution >= 0.6 is 11.3 Å². The molecule has 0 aromatic carbocycles. The van der Waals surface area contributed by atoms with Gasteiger partial charge in [-0.25, -0.2) is 4.98 Å². The number of anilines is 1. The van der Waals surface area contributed by atoms with Crippen LogP contribution in [0.25, 0.3) is 0 Å². The lowest BCUT2D eigenvalue weighted by Gasteiger charge is -2.37. The van der Waals surface area contributed by atoms with E-state index in [0.717, 1.165) is 36.9 Å². The first-order valence-electron chi connectivity index (χ1n) is 7.92. The molecule has 0 N–H and O–H groups in total. The summed E-state index contributed by atoms with van der Waals surface area (Å²) in [6.45, 7) is 9.22. The van der Waals surface area contributed by atoms with E-state index in [4.69, 9.17) is 0 Å². The van der Waals surface area contributed by atoms with Crippen molar-refractivity contribution in [2.75, 3.05) is 31.1 Å². The second kappa shape index (κ2) is 6.66. The first kappa shape index (κ1) is 15.9. The molecule has 1 fully saturated rings. The molecular weight excluding hydrogens is 308 g/mol. The summed E-state index contributed by atoms with van der Waals surface area (Å²) < 4.78 is 0. The highest BCUT2D eigenvalue weighted by molar-refractivity contribution is 7.09. The van der Waals surface area contributed by atoms with E-state index in [9.17, 15) is 4.79 Å². The van der Waals surface area contributed by atoms with Gasteiger partial charge in [-0.1, -0.05) is 0 Å². The molecule has 23 heavy (non-hydrogen) atoms. The number of pyridine rings is 1. The van der Waals surface area contributed by atoms with E-state index in [-0.39, 0.29) is 11.8 Å². The standard InChI is InChI=1S/C17H22N4OS/c1-12-4-5-18-10-15(12)20-6-8-21(9-7-20)17(22)14(3)16-19-13(2)11-23-16/h4-5,10-11,14H,6-9H2,1-3H3/t14-/m1/s1. The number of amides is 1. The Hall–Kier alpha value is -1.95. The van der Waals surface area contributed by atoms with Gasteiger partial charge in [0.1, 0.15) is 5.01 Å². The van der Waals surface area contributed by atoms with E-state index in [1.54, 1.807) is 11.3 Å². The highest BCUT2D eigenvalue weighted by Crippen LogP contribution is 2.24. The van der Waals surface area contributed by atoms with Crippen LogP contribution in [0.1, 0.15) is 29.1 Å². The molecule has 1 aliphatic rings. The van der Waals surface area contributed by atoms with Gasteiger partial charge in [-0.3, -0.25) is 9.78 Å². The number of hydrogen-bond acceptors (Lipinski definition) is 5. The fraction of sp³-hybridized carbons (Fsp3) is 0.471. The van der Waals surface area contributed by atoms with E-state index >= 15 is 0 Å². The molecule has 0 bridgehead atoms. The Bertz CT molecular complexity index is 691. The summed E-state index contributed by atoms with van der Waals surface area (Å²) in [6.07, 6.45) is 3.73. The van der Waals surface area contributed by atoms with Gasteiger partial charge in [0.2, 0.25) is 5.91 Å². The van der Waals surface area contributed by atoms with Crippen molar-refractivity contribution in [3.8, 4) is 0 Å². The Morgan fingerprint density at radius 2 is 2.00 bits per heavy atom. The maximum Gasteiger partial charge on any atom is 0.232 e. The van der Waals surface area contributed by atoms with Crippen LogP contribution in [-0.2, 0) is 4.79 Å². The summed E-state index contributed by atoms with van der Waals surface area (Å²) in [7, 11) is 0. The number of piperazine rings is 1. The van der Waals surface area contributed by atoms with Gasteiger partial charge in [0.05, 0.1) is 17.8 Å². The third-order valence-electron chi connectivity index (χ3n) is 4.32. The summed E-state index contributed by atoms with van der Waals surface area (Å²) in [4.78, 5) is 25.6. The molecule has 2 aromatic heterocycles. The number of rotatable bonds is 3. The molecule has 122 valence electrons. The lowest BCUT2D eigenvalue weighted by Crippen LogP contribution is -2.50. The van der Waals surface area contributed by atoms with Crippen molar-refractivity contribution in [3.05, 3.63) is 40.1 Å². The van der Waals surface area contributed by atoms with Crippen LogP contribution in [0.3, 0.4) is 0 Å². The summed E-state index contributed by atoms with van der Waals surface area (Å²) in [5.41, 5.74) is 3.39. The molecule has 0 unspecified atom stereocenters.